The minimum atomic E-state index is 0. The predicted molar refractivity (Wildman–Crippen MR) is 104 cm³/mol. The van der Waals surface area contributed by atoms with Gasteiger partial charge in [0.25, 0.3) is 0 Å². The molecule has 2 heterocycles. The van der Waals surface area contributed by atoms with E-state index in [1.807, 2.05) is 7.05 Å². The van der Waals surface area contributed by atoms with Gasteiger partial charge in [-0.15, -0.1) is 24.0 Å². The van der Waals surface area contributed by atoms with Crippen LogP contribution in [0.15, 0.2) is 4.99 Å². The summed E-state index contributed by atoms with van der Waals surface area (Å²) >= 11 is 0. The number of halogens is 1. The second-order valence-corrected chi connectivity index (χ2v) is 7.08. The lowest BCUT2D eigenvalue weighted by molar-refractivity contribution is 0.0573. The molecule has 1 atom stereocenters. The zero-order valence-corrected chi connectivity index (χ0v) is 16.7. The normalized spacial score (nSPS) is 28.6. The fraction of sp³-hybridized carbons (Fsp3) is 0.941. The van der Waals surface area contributed by atoms with Gasteiger partial charge in [0.05, 0.1) is 12.7 Å². The number of rotatable bonds is 5. The van der Waals surface area contributed by atoms with E-state index in [0.717, 1.165) is 51.8 Å². The third-order valence-electron chi connectivity index (χ3n) is 5.39. The molecule has 1 spiro atoms. The van der Waals surface area contributed by atoms with E-state index in [1.165, 1.54) is 38.5 Å². The lowest BCUT2D eigenvalue weighted by atomic mass is 9.87. The van der Waals surface area contributed by atoms with E-state index < -0.39 is 0 Å². The summed E-state index contributed by atoms with van der Waals surface area (Å²) in [5.74, 6) is 1.05. The van der Waals surface area contributed by atoms with Gasteiger partial charge in [0, 0.05) is 45.3 Å². The molecule has 3 rings (SSSR count). The van der Waals surface area contributed by atoms with Crippen molar-refractivity contribution in [2.24, 2.45) is 10.4 Å². The van der Waals surface area contributed by atoms with E-state index in [4.69, 9.17) is 9.47 Å². The van der Waals surface area contributed by atoms with Gasteiger partial charge in [0.15, 0.2) is 5.96 Å². The minimum absolute atomic E-state index is 0. The van der Waals surface area contributed by atoms with Gasteiger partial charge < -0.3 is 19.7 Å². The molecule has 0 aromatic rings. The third kappa shape index (κ3) is 5.19. The molecule has 1 aliphatic carbocycles. The first kappa shape index (κ1) is 19.2. The molecule has 6 heteroatoms. The summed E-state index contributed by atoms with van der Waals surface area (Å²) in [6, 6.07) is 0. The van der Waals surface area contributed by atoms with E-state index in [1.54, 1.807) is 0 Å². The Hall–Kier alpha value is -0.0800. The van der Waals surface area contributed by atoms with Crippen LogP contribution in [0.2, 0.25) is 0 Å². The highest BCUT2D eigenvalue weighted by Gasteiger charge is 2.42. The monoisotopic (exact) mass is 437 g/mol. The SMILES string of the molecule is CN=C(NCCCOC1CCCC1)N1CCC2(CCOC2)C1.I. The molecule has 0 bridgehead atoms. The number of likely N-dealkylation sites (tertiary alicyclic amines) is 1. The number of nitrogens with zero attached hydrogens (tertiary/aromatic N) is 2. The Kier molecular flexibility index (Phi) is 7.88. The quantitative estimate of drug-likeness (QED) is 0.311. The van der Waals surface area contributed by atoms with Crippen molar-refractivity contribution in [3.05, 3.63) is 0 Å². The van der Waals surface area contributed by atoms with Crippen molar-refractivity contribution in [3.63, 3.8) is 0 Å². The van der Waals surface area contributed by atoms with Crippen LogP contribution in [0.5, 0.6) is 0 Å². The van der Waals surface area contributed by atoms with E-state index in [2.05, 4.69) is 15.2 Å². The fourth-order valence-corrected chi connectivity index (χ4v) is 4.00. The van der Waals surface area contributed by atoms with Crippen molar-refractivity contribution in [2.75, 3.05) is 46.5 Å². The number of guanidine groups is 1. The Morgan fingerprint density at radius 1 is 1.35 bits per heavy atom. The minimum Gasteiger partial charge on any atom is -0.381 e. The van der Waals surface area contributed by atoms with Crippen molar-refractivity contribution in [2.45, 2.75) is 51.0 Å². The zero-order chi connectivity index (χ0) is 15.3. The summed E-state index contributed by atoms with van der Waals surface area (Å²) in [6.07, 6.45) is 9.22. The first-order valence-electron chi connectivity index (χ1n) is 8.96. The second kappa shape index (κ2) is 9.42. The average Bonchev–Trinajstić information content (AvgIpc) is 3.27. The molecule has 1 unspecified atom stereocenters. The Balaban J connectivity index is 0.00000192. The molecular weight excluding hydrogens is 405 g/mol. The molecule has 5 nitrogen and oxygen atoms in total. The van der Waals surface area contributed by atoms with E-state index in [9.17, 15) is 0 Å². The van der Waals surface area contributed by atoms with Crippen molar-refractivity contribution in [1.29, 1.82) is 0 Å². The van der Waals surface area contributed by atoms with Crippen molar-refractivity contribution >= 4 is 29.9 Å². The van der Waals surface area contributed by atoms with Gasteiger partial charge in [-0.2, -0.15) is 0 Å². The average molecular weight is 437 g/mol. The van der Waals surface area contributed by atoms with Crippen molar-refractivity contribution in [3.8, 4) is 0 Å². The molecule has 2 saturated heterocycles. The van der Waals surface area contributed by atoms with Gasteiger partial charge in [-0.1, -0.05) is 12.8 Å². The lowest BCUT2D eigenvalue weighted by Gasteiger charge is -2.25. The standard InChI is InChI=1S/C17H31N3O2.HI/c1-18-16(19-9-4-11-22-15-5-2-3-6-15)20-10-7-17(13-20)8-12-21-14-17;/h15H,2-14H2,1H3,(H,18,19);1H. The van der Waals surface area contributed by atoms with E-state index >= 15 is 0 Å². The smallest absolute Gasteiger partial charge is 0.193 e. The van der Waals surface area contributed by atoms with Crippen LogP contribution in [0.1, 0.15) is 44.9 Å². The number of ether oxygens (including phenoxy) is 2. The highest BCUT2D eigenvalue weighted by molar-refractivity contribution is 14.0. The molecule has 0 aromatic carbocycles. The Labute approximate surface area is 157 Å². The maximum atomic E-state index is 5.91. The highest BCUT2D eigenvalue weighted by Crippen LogP contribution is 2.38. The number of hydrogen-bond donors (Lipinski definition) is 1. The molecule has 134 valence electrons. The molecule has 2 aliphatic heterocycles. The van der Waals surface area contributed by atoms with Crippen LogP contribution in [0.3, 0.4) is 0 Å². The summed E-state index contributed by atoms with van der Waals surface area (Å²) in [7, 11) is 1.88. The first-order valence-corrected chi connectivity index (χ1v) is 8.96. The predicted octanol–water partition coefficient (Wildman–Crippen LogP) is 2.64. The van der Waals surface area contributed by atoms with Gasteiger partial charge in [0.1, 0.15) is 0 Å². The van der Waals surface area contributed by atoms with Crippen LogP contribution in [0, 0.1) is 5.41 Å². The van der Waals surface area contributed by atoms with Crippen LogP contribution >= 0.6 is 24.0 Å². The van der Waals surface area contributed by atoms with Crippen molar-refractivity contribution in [1.82, 2.24) is 10.2 Å². The van der Waals surface area contributed by atoms with Crippen LogP contribution in [-0.4, -0.2) is 63.5 Å². The highest BCUT2D eigenvalue weighted by atomic mass is 127. The Morgan fingerprint density at radius 2 is 2.17 bits per heavy atom. The molecule has 3 fully saturated rings. The summed E-state index contributed by atoms with van der Waals surface area (Å²) in [6.45, 7) is 5.85. The summed E-state index contributed by atoms with van der Waals surface area (Å²) in [4.78, 5) is 6.84. The van der Waals surface area contributed by atoms with Crippen LogP contribution in [0.25, 0.3) is 0 Å². The first-order chi connectivity index (χ1) is 10.8. The number of nitrogens with one attached hydrogen (secondary N) is 1. The fourth-order valence-electron chi connectivity index (χ4n) is 4.00. The molecular formula is C17H32IN3O2. The van der Waals surface area contributed by atoms with Gasteiger partial charge in [-0.05, 0) is 32.1 Å². The number of hydrogen-bond acceptors (Lipinski definition) is 3. The van der Waals surface area contributed by atoms with Crippen molar-refractivity contribution < 1.29 is 9.47 Å². The van der Waals surface area contributed by atoms with E-state index in [0.29, 0.717) is 11.5 Å². The summed E-state index contributed by atoms with van der Waals surface area (Å²) in [5, 5.41) is 3.50. The van der Waals surface area contributed by atoms with E-state index in [-0.39, 0.29) is 24.0 Å². The third-order valence-corrected chi connectivity index (χ3v) is 5.39. The van der Waals surface area contributed by atoms with Gasteiger partial charge in [0.2, 0.25) is 0 Å². The van der Waals surface area contributed by atoms with Gasteiger partial charge in [-0.25, -0.2) is 0 Å². The Morgan fingerprint density at radius 3 is 2.87 bits per heavy atom. The summed E-state index contributed by atoms with van der Waals surface area (Å²) < 4.78 is 11.5. The van der Waals surface area contributed by atoms with Crippen LogP contribution in [-0.2, 0) is 9.47 Å². The van der Waals surface area contributed by atoms with Gasteiger partial charge >= 0.3 is 0 Å². The van der Waals surface area contributed by atoms with Crippen LogP contribution in [0.4, 0.5) is 0 Å². The lowest BCUT2D eigenvalue weighted by Crippen LogP contribution is -2.42. The zero-order valence-electron chi connectivity index (χ0n) is 14.4. The number of aliphatic imine (C=N–C) groups is 1. The molecule has 1 N–H and O–H groups in total. The summed E-state index contributed by atoms with van der Waals surface area (Å²) in [5.41, 5.74) is 0.392. The molecule has 3 aliphatic rings. The van der Waals surface area contributed by atoms with Crippen LogP contribution < -0.4 is 5.32 Å². The topological polar surface area (TPSA) is 46.1 Å². The maximum Gasteiger partial charge on any atom is 0.193 e. The largest absolute Gasteiger partial charge is 0.381 e. The second-order valence-electron chi connectivity index (χ2n) is 7.08. The molecule has 1 saturated carbocycles. The Bertz CT molecular complexity index is 380. The van der Waals surface area contributed by atoms with Gasteiger partial charge in [-0.3, -0.25) is 4.99 Å². The molecule has 0 amide bonds. The molecule has 23 heavy (non-hydrogen) atoms. The molecule has 0 radical (unpaired) electrons. The molecule has 0 aromatic heterocycles. The maximum absolute atomic E-state index is 5.91.